The van der Waals surface area contributed by atoms with Gasteiger partial charge in [-0.05, 0) is 48.7 Å². The van der Waals surface area contributed by atoms with Crippen LogP contribution in [0, 0.1) is 13.8 Å². The average molecular weight is 419 g/mol. The number of carbonyl (C=O) groups excluding carboxylic acids is 1. The molecule has 1 N–H and O–H groups in total. The summed E-state index contributed by atoms with van der Waals surface area (Å²) in [7, 11) is 0. The molecule has 6 heteroatoms. The van der Waals surface area contributed by atoms with E-state index in [1.54, 1.807) is 0 Å². The number of aromatic nitrogens is 2. The molecule has 0 bridgehead atoms. The highest BCUT2D eigenvalue weighted by Crippen LogP contribution is 2.12. The van der Waals surface area contributed by atoms with E-state index in [1.807, 2.05) is 35.9 Å². The van der Waals surface area contributed by atoms with Crippen LogP contribution >= 0.6 is 0 Å². The Labute approximate surface area is 183 Å². The van der Waals surface area contributed by atoms with Gasteiger partial charge in [-0.1, -0.05) is 36.4 Å². The lowest BCUT2D eigenvalue weighted by Crippen LogP contribution is -2.35. The van der Waals surface area contributed by atoms with Gasteiger partial charge in [-0.3, -0.25) is 14.4 Å². The van der Waals surface area contributed by atoms with Crippen LogP contribution in [0.1, 0.15) is 38.4 Å². The van der Waals surface area contributed by atoms with Gasteiger partial charge in [0.05, 0.1) is 25.5 Å². The lowest BCUT2D eigenvalue weighted by atomic mass is 10.1. The Morgan fingerprint density at radius 1 is 0.968 bits per heavy atom. The molecule has 0 saturated carbocycles. The highest BCUT2D eigenvalue weighted by Gasteiger charge is 2.11. The molecule has 6 nitrogen and oxygen atoms in total. The van der Waals surface area contributed by atoms with Crippen molar-refractivity contribution in [2.45, 2.75) is 33.5 Å². The molecule has 0 aliphatic carbocycles. The minimum atomic E-state index is -0.0590. The van der Waals surface area contributed by atoms with E-state index in [4.69, 9.17) is 4.74 Å². The fourth-order valence-corrected chi connectivity index (χ4v) is 3.91. The molecule has 2 heterocycles. The van der Waals surface area contributed by atoms with Crippen LogP contribution in [0.5, 0.6) is 0 Å². The summed E-state index contributed by atoms with van der Waals surface area (Å²) in [6.07, 6.45) is 0. The van der Waals surface area contributed by atoms with Crippen LogP contribution in [-0.2, 0) is 24.4 Å². The predicted octanol–water partition coefficient (Wildman–Crippen LogP) is 3.31. The quantitative estimate of drug-likeness (QED) is 0.640. The SMILES string of the molecule is Cc1cc(C)n(Cc2ccc(C(=O)NCc3cccc(CN4CCOCC4)c3)cc2)n1. The zero-order valence-electron chi connectivity index (χ0n) is 18.3. The van der Waals surface area contributed by atoms with Crippen LogP contribution in [0.3, 0.4) is 0 Å². The summed E-state index contributed by atoms with van der Waals surface area (Å²) in [4.78, 5) is 15.0. The number of nitrogens with one attached hydrogen (secondary N) is 1. The Bertz CT molecular complexity index is 1020. The topological polar surface area (TPSA) is 59.4 Å². The third-order valence-corrected chi connectivity index (χ3v) is 5.61. The van der Waals surface area contributed by atoms with Crippen molar-refractivity contribution in [3.8, 4) is 0 Å². The Balaban J connectivity index is 1.31. The van der Waals surface area contributed by atoms with Gasteiger partial charge in [-0.25, -0.2) is 0 Å². The van der Waals surface area contributed by atoms with E-state index in [0.29, 0.717) is 18.7 Å². The van der Waals surface area contributed by atoms with Gasteiger partial charge in [-0.15, -0.1) is 0 Å². The van der Waals surface area contributed by atoms with E-state index in [1.165, 1.54) is 5.56 Å². The number of ether oxygens (including phenoxy) is 1. The number of nitrogens with zero attached hydrogens (tertiary/aromatic N) is 3. The maximum absolute atomic E-state index is 12.6. The highest BCUT2D eigenvalue weighted by atomic mass is 16.5. The second kappa shape index (κ2) is 9.90. The van der Waals surface area contributed by atoms with E-state index < -0.39 is 0 Å². The third kappa shape index (κ3) is 5.81. The lowest BCUT2D eigenvalue weighted by Gasteiger charge is -2.26. The molecule has 1 saturated heterocycles. The van der Waals surface area contributed by atoms with E-state index in [9.17, 15) is 4.79 Å². The minimum absolute atomic E-state index is 0.0590. The van der Waals surface area contributed by atoms with Crippen LogP contribution in [0.15, 0.2) is 54.6 Å². The number of hydrogen-bond acceptors (Lipinski definition) is 4. The summed E-state index contributed by atoms with van der Waals surface area (Å²) in [6, 6.07) is 18.2. The van der Waals surface area contributed by atoms with Crippen molar-refractivity contribution >= 4 is 5.91 Å². The Morgan fingerprint density at radius 3 is 2.42 bits per heavy atom. The van der Waals surface area contributed by atoms with Crippen LogP contribution in [0.2, 0.25) is 0 Å². The highest BCUT2D eigenvalue weighted by molar-refractivity contribution is 5.94. The molecule has 1 aromatic heterocycles. The Kier molecular flexibility index (Phi) is 6.79. The number of hydrogen-bond donors (Lipinski definition) is 1. The standard InChI is InChI=1S/C25H30N4O2/c1-19-14-20(2)29(27-19)18-21-6-8-24(9-7-21)25(30)26-16-22-4-3-5-23(15-22)17-28-10-12-31-13-11-28/h3-9,14-15H,10-13,16-18H2,1-2H3,(H,26,30). The molecule has 1 aliphatic heterocycles. The molecule has 2 aromatic carbocycles. The molecule has 31 heavy (non-hydrogen) atoms. The van der Waals surface area contributed by atoms with Gasteiger partial charge in [0, 0.05) is 37.4 Å². The molecule has 0 atom stereocenters. The molecule has 4 rings (SSSR count). The summed E-state index contributed by atoms with van der Waals surface area (Å²) in [5.74, 6) is -0.0590. The lowest BCUT2D eigenvalue weighted by molar-refractivity contribution is 0.0342. The number of morpholine rings is 1. The van der Waals surface area contributed by atoms with Gasteiger partial charge in [0.2, 0.25) is 0 Å². The first-order chi connectivity index (χ1) is 15.1. The predicted molar refractivity (Wildman–Crippen MR) is 121 cm³/mol. The number of aryl methyl sites for hydroxylation is 2. The fourth-order valence-electron chi connectivity index (χ4n) is 3.91. The number of benzene rings is 2. The summed E-state index contributed by atoms with van der Waals surface area (Å²) in [5.41, 5.74) is 6.32. The first kappa shape index (κ1) is 21.3. The zero-order chi connectivity index (χ0) is 21.6. The first-order valence-electron chi connectivity index (χ1n) is 10.8. The first-order valence-corrected chi connectivity index (χ1v) is 10.8. The molecular formula is C25H30N4O2. The molecule has 162 valence electrons. The molecule has 3 aromatic rings. The van der Waals surface area contributed by atoms with Gasteiger partial charge in [0.1, 0.15) is 0 Å². The molecular weight excluding hydrogens is 388 g/mol. The van der Waals surface area contributed by atoms with Gasteiger partial charge in [-0.2, -0.15) is 5.10 Å². The van der Waals surface area contributed by atoms with Crippen LogP contribution in [-0.4, -0.2) is 46.9 Å². The summed E-state index contributed by atoms with van der Waals surface area (Å²) in [6.45, 7) is 9.73. The van der Waals surface area contributed by atoms with Crippen molar-refractivity contribution in [1.82, 2.24) is 20.0 Å². The average Bonchev–Trinajstić information content (AvgIpc) is 3.10. The van der Waals surface area contributed by atoms with E-state index >= 15 is 0 Å². The summed E-state index contributed by atoms with van der Waals surface area (Å²) >= 11 is 0. The summed E-state index contributed by atoms with van der Waals surface area (Å²) < 4.78 is 7.40. The normalized spacial score (nSPS) is 14.5. The smallest absolute Gasteiger partial charge is 0.251 e. The van der Waals surface area contributed by atoms with Gasteiger partial charge in [0.25, 0.3) is 5.91 Å². The van der Waals surface area contributed by atoms with E-state index in [2.05, 4.69) is 52.6 Å². The maximum atomic E-state index is 12.6. The van der Waals surface area contributed by atoms with Crippen molar-refractivity contribution < 1.29 is 9.53 Å². The molecule has 1 fully saturated rings. The zero-order valence-corrected chi connectivity index (χ0v) is 18.3. The second-order valence-electron chi connectivity index (χ2n) is 8.17. The molecule has 0 unspecified atom stereocenters. The third-order valence-electron chi connectivity index (χ3n) is 5.61. The fraction of sp³-hybridized carbons (Fsp3) is 0.360. The minimum Gasteiger partial charge on any atom is -0.379 e. The molecule has 1 amide bonds. The van der Waals surface area contributed by atoms with Crippen molar-refractivity contribution in [3.05, 3.63) is 88.2 Å². The van der Waals surface area contributed by atoms with Gasteiger partial charge >= 0.3 is 0 Å². The maximum Gasteiger partial charge on any atom is 0.251 e. The monoisotopic (exact) mass is 418 g/mol. The summed E-state index contributed by atoms with van der Waals surface area (Å²) in [5, 5.41) is 7.54. The van der Waals surface area contributed by atoms with Crippen LogP contribution < -0.4 is 5.32 Å². The van der Waals surface area contributed by atoms with Crippen molar-refractivity contribution in [1.29, 1.82) is 0 Å². The van der Waals surface area contributed by atoms with Gasteiger partial charge < -0.3 is 10.1 Å². The molecule has 0 radical (unpaired) electrons. The van der Waals surface area contributed by atoms with Crippen LogP contribution in [0.4, 0.5) is 0 Å². The van der Waals surface area contributed by atoms with Crippen molar-refractivity contribution in [2.75, 3.05) is 26.3 Å². The van der Waals surface area contributed by atoms with Gasteiger partial charge in [0.15, 0.2) is 0 Å². The molecule has 1 aliphatic rings. The molecule has 0 spiro atoms. The second-order valence-corrected chi connectivity index (χ2v) is 8.17. The van der Waals surface area contributed by atoms with Crippen molar-refractivity contribution in [2.24, 2.45) is 0 Å². The Hall–Kier alpha value is -2.96. The van der Waals surface area contributed by atoms with Crippen molar-refractivity contribution in [3.63, 3.8) is 0 Å². The number of carbonyl (C=O) groups is 1. The number of rotatable bonds is 7. The number of amides is 1. The Morgan fingerprint density at radius 2 is 1.71 bits per heavy atom. The van der Waals surface area contributed by atoms with E-state index in [-0.39, 0.29) is 5.91 Å². The largest absolute Gasteiger partial charge is 0.379 e. The van der Waals surface area contributed by atoms with Crippen LogP contribution in [0.25, 0.3) is 0 Å². The van der Waals surface area contributed by atoms with E-state index in [0.717, 1.165) is 55.4 Å².